The molecular weight excluding hydrogens is 223 g/mol. The largest absolute Gasteiger partial charge is 0.406 e. The van der Waals surface area contributed by atoms with E-state index in [0.717, 1.165) is 7.05 Å². The summed E-state index contributed by atoms with van der Waals surface area (Å²) in [6.07, 6.45) is -3.25. The number of hydrogen-bond donors (Lipinski definition) is 2. The first-order valence-electron chi connectivity index (χ1n) is 4.35. The Morgan fingerprint density at radius 3 is 2.38 bits per heavy atom. The zero-order chi connectivity index (χ0) is 12.9. The van der Waals surface area contributed by atoms with Crippen LogP contribution in [-0.2, 0) is 4.79 Å². The first-order chi connectivity index (χ1) is 7.22. The Morgan fingerprint density at radius 1 is 1.56 bits per heavy atom. The molecule has 0 saturated heterocycles. The van der Waals surface area contributed by atoms with Crippen molar-refractivity contribution in [2.75, 3.05) is 20.6 Å². The molecule has 16 heavy (non-hydrogen) atoms. The molecule has 3 N–H and O–H groups in total. The number of carbonyl (C=O) groups excluding carboxylic acids is 1. The predicted octanol–water partition coefficient (Wildman–Crippen LogP) is 0.583. The van der Waals surface area contributed by atoms with E-state index in [-0.39, 0.29) is 11.4 Å². The van der Waals surface area contributed by atoms with Crippen molar-refractivity contribution in [1.29, 1.82) is 0 Å². The molecule has 0 spiro atoms. The van der Waals surface area contributed by atoms with Crippen LogP contribution in [0.15, 0.2) is 24.0 Å². The summed E-state index contributed by atoms with van der Waals surface area (Å²) in [5, 5.41) is 2.44. The summed E-state index contributed by atoms with van der Waals surface area (Å²) in [4.78, 5) is 12.1. The van der Waals surface area contributed by atoms with Gasteiger partial charge in [0.15, 0.2) is 0 Å². The van der Waals surface area contributed by atoms with Crippen LogP contribution < -0.4 is 11.1 Å². The molecule has 0 rings (SSSR count). The minimum absolute atomic E-state index is 0.00141. The molecule has 0 bridgehead atoms. The highest BCUT2D eigenvalue weighted by Gasteiger charge is 2.32. The van der Waals surface area contributed by atoms with E-state index in [9.17, 15) is 18.0 Å². The molecule has 0 radical (unpaired) electrons. The van der Waals surface area contributed by atoms with E-state index in [0.29, 0.717) is 4.90 Å². The first kappa shape index (κ1) is 14.3. The van der Waals surface area contributed by atoms with E-state index >= 15 is 0 Å². The number of likely N-dealkylation sites (N-methyl/N-ethyl adjacent to an activating group) is 2. The smallest absolute Gasteiger partial charge is 0.397 e. The van der Waals surface area contributed by atoms with Crippen LogP contribution in [0.2, 0.25) is 0 Å². The van der Waals surface area contributed by atoms with Crippen molar-refractivity contribution in [2.24, 2.45) is 5.73 Å². The molecule has 0 aromatic carbocycles. The topological polar surface area (TPSA) is 58.4 Å². The van der Waals surface area contributed by atoms with Crippen molar-refractivity contribution >= 4 is 5.91 Å². The van der Waals surface area contributed by atoms with Gasteiger partial charge in [-0.1, -0.05) is 6.58 Å². The third-order valence-electron chi connectivity index (χ3n) is 1.74. The molecule has 92 valence electrons. The number of halogens is 3. The molecule has 0 heterocycles. The lowest BCUT2D eigenvalue weighted by Gasteiger charge is -2.20. The Morgan fingerprint density at radius 2 is 2.06 bits per heavy atom. The SMILES string of the molecule is C=C/C(N)=C(/NC)C(=O)N(C)CC(F)(F)F. The second kappa shape index (κ2) is 5.43. The summed E-state index contributed by atoms with van der Waals surface area (Å²) in [6.45, 7) is 2.00. The highest BCUT2D eigenvalue weighted by Crippen LogP contribution is 2.16. The molecule has 1 amide bonds. The van der Waals surface area contributed by atoms with Gasteiger partial charge in [-0.05, 0) is 6.08 Å². The third kappa shape index (κ3) is 4.24. The van der Waals surface area contributed by atoms with Gasteiger partial charge in [-0.2, -0.15) is 13.2 Å². The van der Waals surface area contributed by atoms with Crippen molar-refractivity contribution in [3.05, 3.63) is 24.0 Å². The van der Waals surface area contributed by atoms with Crippen LogP contribution in [-0.4, -0.2) is 37.6 Å². The van der Waals surface area contributed by atoms with Crippen LogP contribution in [0.25, 0.3) is 0 Å². The van der Waals surface area contributed by atoms with Crippen LogP contribution in [0.3, 0.4) is 0 Å². The molecular formula is C9H14F3N3O. The van der Waals surface area contributed by atoms with E-state index in [1.165, 1.54) is 13.1 Å². The maximum absolute atomic E-state index is 12.0. The zero-order valence-electron chi connectivity index (χ0n) is 9.06. The Kier molecular flexibility index (Phi) is 4.87. The van der Waals surface area contributed by atoms with E-state index in [1.807, 2.05) is 0 Å². The summed E-state index contributed by atoms with van der Waals surface area (Å²) < 4.78 is 36.1. The number of rotatable bonds is 4. The minimum atomic E-state index is -4.44. The lowest BCUT2D eigenvalue weighted by molar-refractivity contribution is -0.156. The standard InChI is InChI=1S/C9H14F3N3O/c1-4-6(13)7(14-2)8(16)15(3)5-9(10,11)12/h4,14H,1,5,13H2,2-3H3/b7-6-. The number of alkyl halides is 3. The Balaban J connectivity index is 4.85. The van der Waals surface area contributed by atoms with Crippen molar-refractivity contribution in [2.45, 2.75) is 6.18 Å². The van der Waals surface area contributed by atoms with Crippen molar-refractivity contribution < 1.29 is 18.0 Å². The van der Waals surface area contributed by atoms with Crippen molar-refractivity contribution in [3.8, 4) is 0 Å². The van der Waals surface area contributed by atoms with Crippen molar-refractivity contribution in [3.63, 3.8) is 0 Å². The van der Waals surface area contributed by atoms with E-state index in [1.54, 1.807) is 0 Å². The predicted molar refractivity (Wildman–Crippen MR) is 54.2 cm³/mol. The van der Waals surface area contributed by atoms with Crippen molar-refractivity contribution in [1.82, 2.24) is 10.2 Å². The molecule has 0 aromatic heterocycles. The van der Waals surface area contributed by atoms with Gasteiger partial charge < -0.3 is 16.0 Å². The Bertz CT molecular complexity index is 310. The molecule has 0 aliphatic heterocycles. The second-order valence-electron chi connectivity index (χ2n) is 3.06. The van der Waals surface area contributed by atoms with Gasteiger partial charge in [0.2, 0.25) is 0 Å². The lowest BCUT2D eigenvalue weighted by Crippen LogP contribution is -2.39. The molecule has 0 fully saturated rings. The third-order valence-corrected chi connectivity index (χ3v) is 1.74. The molecule has 0 saturated carbocycles. The van der Waals surface area contributed by atoms with Gasteiger partial charge in [0, 0.05) is 14.1 Å². The fraction of sp³-hybridized carbons (Fsp3) is 0.444. The number of nitrogens with zero attached hydrogens (tertiary/aromatic N) is 1. The summed E-state index contributed by atoms with van der Waals surface area (Å²) in [7, 11) is 2.44. The number of carbonyl (C=O) groups is 1. The van der Waals surface area contributed by atoms with Crippen LogP contribution in [0, 0.1) is 0 Å². The fourth-order valence-corrected chi connectivity index (χ4v) is 1.01. The highest BCUT2D eigenvalue weighted by atomic mass is 19.4. The number of nitrogens with one attached hydrogen (secondary N) is 1. The first-order valence-corrected chi connectivity index (χ1v) is 4.35. The number of hydrogen-bond acceptors (Lipinski definition) is 3. The summed E-state index contributed by atoms with van der Waals surface area (Å²) in [5.74, 6) is -0.836. The molecule has 0 aliphatic carbocycles. The van der Waals surface area contributed by atoms with Crippen LogP contribution in [0.1, 0.15) is 0 Å². The lowest BCUT2D eigenvalue weighted by atomic mass is 10.3. The van der Waals surface area contributed by atoms with Gasteiger partial charge in [-0.25, -0.2) is 0 Å². The average Bonchev–Trinajstić information content (AvgIpc) is 2.15. The molecule has 0 atom stereocenters. The van der Waals surface area contributed by atoms with Crippen LogP contribution in [0.4, 0.5) is 13.2 Å². The second-order valence-corrected chi connectivity index (χ2v) is 3.06. The van der Waals surface area contributed by atoms with Gasteiger partial charge in [0.25, 0.3) is 5.91 Å². The number of nitrogens with two attached hydrogens (primary N) is 1. The summed E-state index contributed by atoms with van der Waals surface area (Å²) in [5.41, 5.74) is 5.29. The number of allylic oxidation sites excluding steroid dienone is 1. The van der Waals surface area contributed by atoms with E-state index in [4.69, 9.17) is 5.73 Å². The van der Waals surface area contributed by atoms with Gasteiger partial charge in [0.05, 0.1) is 5.70 Å². The number of amides is 1. The Labute approximate surface area is 91.6 Å². The molecule has 0 unspecified atom stereocenters. The monoisotopic (exact) mass is 237 g/mol. The van der Waals surface area contributed by atoms with Gasteiger partial charge in [-0.3, -0.25) is 4.79 Å². The Hall–Kier alpha value is -1.66. The normalized spacial score (nSPS) is 12.8. The quantitative estimate of drug-likeness (QED) is 0.555. The summed E-state index contributed by atoms with van der Waals surface area (Å²) in [6, 6.07) is 0. The molecule has 4 nitrogen and oxygen atoms in total. The zero-order valence-corrected chi connectivity index (χ0v) is 9.06. The van der Waals surface area contributed by atoms with E-state index < -0.39 is 18.6 Å². The van der Waals surface area contributed by atoms with Crippen LogP contribution in [0.5, 0.6) is 0 Å². The minimum Gasteiger partial charge on any atom is -0.397 e. The molecule has 0 aliphatic rings. The van der Waals surface area contributed by atoms with Gasteiger partial charge in [-0.15, -0.1) is 0 Å². The van der Waals surface area contributed by atoms with E-state index in [2.05, 4.69) is 11.9 Å². The van der Waals surface area contributed by atoms with Gasteiger partial charge in [0.1, 0.15) is 12.2 Å². The molecule has 7 heteroatoms. The average molecular weight is 237 g/mol. The maximum Gasteiger partial charge on any atom is 0.406 e. The van der Waals surface area contributed by atoms with Gasteiger partial charge >= 0.3 is 6.18 Å². The highest BCUT2D eigenvalue weighted by molar-refractivity contribution is 5.93. The maximum atomic E-state index is 12.0. The molecule has 0 aromatic rings. The fourth-order valence-electron chi connectivity index (χ4n) is 1.01. The van der Waals surface area contributed by atoms with Crippen LogP contribution >= 0.6 is 0 Å². The summed E-state index contributed by atoms with van der Waals surface area (Å²) >= 11 is 0.